The van der Waals surface area contributed by atoms with Crippen molar-refractivity contribution < 1.29 is 28.7 Å². The average molecular weight is 793 g/mol. The highest BCUT2D eigenvalue weighted by atomic mass is 35.5. The maximum absolute atomic E-state index is 13.5. The Kier molecular flexibility index (Phi) is 13.2. The lowest BCUT2D eigenvalue weighted by Crippen LogP contribution is -2.74. The summed E-state index contributed by atoms with van der Waals surface area (Å²) in [6.45, 7) is 18.3. The number of piperazine rings is 1. The van der Waals surface area contributed by atoms with E-state index in [2.05, 4.69) is 64.5 Å². The standard InChI is InChI=1S/C41H57ClN8O6/c1-39(2,3)33(36(54)50-15-9-10-30(50)35(53)44-8)46-32(51)25-55-21-20-48-16-18-49(19-17-48)31-14-12-27(24-45-31)34(52)47-37-40(4,5)38(41(37,6)7)56-28-13-11-26(23-43)29(42)22-28/h11-14,22,24,30,33,37-38H,9-10,15-21,25H2,1-8H3,(H,44,53)(H,46,51)(H,47,52)/t30-,33+,37?,38?/m0/s1. The molecule has 2 atom stereocenters. The molecule has 3 fully saturated rings. The number of halogens is 1. The summed E-state index contributed by atoms with van der Waals surface area (Å²) < 4.78 is 12.1. The molecule has 56 heavy (non-hydrogen) atoms. The molecule has 304 valence electrons. The summed E-state index contributed by atoms with van der Waals surface area (Å²) in [7, 11) is 1.56. The number of nitriles is 1. The molecule has 3 heterocycles. The largest absolute Gasteiger partial charge is 0.489 e. The third kappa shape index (κ3) is 9.39. The van der Waals surface area contributed by atoms with E-state index < -0.39 is 17.5 Å². The highest BCUT2D eigenvalue weighted by Gasteiger charge is 2.64. The molecule has 2 saturated heterocycles. The van der Waals surface area contributed by atoms with Gasteiger partial charge in [-0.1, -0.05) is 60.1 Å². The van der Waals surface area contributed by atoms with Gasteiger partial charge in [0.05, 0.1) is 22.8 Å². The highest BCUT2D eigenvalue weighted by Crippen LogP contribution is 2.55. The first-order valence-electron chi connectivity index (χ1n) is 19.4. The number of amides is 4. The normalized spacial score (nSPS) is 22.3. The van der Waals surface area contributed by atoms with E-state index in [-0.39, 0.29) is 53.2 Å². The lowest BCUT2D eigenvalue weighted by Gasteiger charge is -2.63. The van der Waals surface area contributed by atoms with Gasteiger partial charge < -0.3 is 35.2 Å². The summed E-state index contributed by atoms with van der Waals surface area (Å²) in [4.78, 5) is 62.8. The number of likely N-dealkylation sites (N-methyl/N-ethyl adjacent to an activating group) is 1. The van der Waals surface area contributed by atoms with Crippen molar-refractivity contribution in [2.75, 3.05) is 64.4 Å². The van der Waals surface area contributed by atoms with E-state index in [9.17, 15) is 24.4 Å². The second-order valence-electron chi connectivity index (χ2n) is 17.3. The molecule has 0 bridgehead atoms. The topological polar surface area (TPSA) is 169 Å². The Balaban J connectivity index is 1.04. The molecule has 0 unspecified atom stereocenters. The molecular weight excluding hydrogens is 736 g/mol. The number of nitrogens with zero attached hydrogens (tertiary/aromatic N) is 5. The van der Waals surface area contributed by atoms with E-state index >= 15 is 0 Å². The summed E-state index contributed by atoms with van der Waals surface area (Å²) in [5.74, 6) is 0.364. The van der Waals surface area contributed by atoms with Crippen LogP contribution in [0.2, 0.25) is 5.02 Å². The number of hydrogen-bond donors (Lipinski definition) is 3. The van der Waals surface area contributed by atoms with E-state index in [1.165, 1.54) is 0 Å². The van der Waals surface area contributed by atoms with E-state index in [1.807, 2.05) is 26.8 Å². The quantitative estimate of drug-likeness (QED) is 0.255. The smallest absolute Gasteiger partial charge is 0.253 e. The molecule has 1 saturated carbocycles. The summed E-state index contributed by atoms with van der Waals surface area (Å²) in [5, 5.41) is 18.3. The van der Waals surface area contributed by atoms with Gasteiger partial charge in [-0.3, -0.25) is 24.1 Å². The first-order chi connectivity index (χ1) is 26.4. The van der Waals surface area contributed by atoms with Crippen molar-refractivity contribution in [2.45, 2.75) is 85.5 Å². The second-order valence-corrected chi connectivity index (χ2v) is 17.7. The number of carbonyl (C=O) groups excluding carboxylic acids is 4. The van der Waals surface area contributed by atoms with Crippen LogP contribution in [-0.4, -0.2) is 122 Å². The number of benzene rings is 1. The van der Waals surface area contributed by atoms with Gasteiger partial charge in [-0.15, -0.1) is 0 Å². The molecular formula is C41H57ClN8O6. The Morgan fingerprint density at radius 2 is 1.73 bits per heavy atom. The zero-order valence-electron chi connectivity index (χ0n) is 33.9. The summed E-state index contributed by atoms with van der Waals surface area (Å²) >= 11 is 6.23. The lowest BCUT2D eigenvalue weighted by atomic mass is 9.49. The SMILES string of the molecule is CNC(=O)[C@@H]1CCCN1C(=O)[C@@H](NC(=O)COCCN1CCN(c2ccc(C(=O)NC3C(C)(C)C(Oc4ccc(C#N)c(Cl)c4)C3(C)C)cn2)CC1)C(C)(C)C. The number of rotatable bonds is 13. The first-order valence-corrected chi connectivity index (χ1v) is 19.8. The van der Waals surface area contributed by atoms with Crippen LogP contribution >= 0.6 is 11.6 Å². The number of ether oxygens (including phenoxy) is 2. The van der Waals surface area contributed by atoms with Crippen molar-refractivity contribution in [3.8, 4) is 11.8 Å². The fraction of sp³-hybridized carbons (Fsp3) is 0.610. The van der Waals surface area contributed by atoms with Crippen LogP contribution in [0.1, 0.15) is 77.2 Å². The van der Waals surface area contributed by atoms with Gasteiger partial charge in [-0.2, -0.15) is 5.26 Å². The first kappa shape index (κ1) is 42.7. The minimum atomic E-state index is -0.785. The number of carbonyl (C=O) groups is 4. The maximum atomic E-state index is 13.5. The third-order valence-electron chi connectivity index (χ3n) is 11.4. The molecule has 3 N–H and O–H groups in total. The summed E-state index contributed by atoms with van der Waals surface area (Å²) in [5.41, 5.74) is -0.454. The zero-order valence-corrected chi connectivity index (χ0v) is 34.7. The second kappa shape index (κ2) is 17.4. The van der Waals surface area contributed by atoms with Gasteiger partial charge in [0, 0.05) is 75.5 Å². The van der Waals surface area contributed by atoms with E-state index in [0.717, 1.165) is 38.4 Å². The predicted octanol–water partition coefficient (Wildman–Crippen LogP) is 3.63. The zero-order chi connectivity index (χ0) is 41.0. The van der Waals surface area contributed by atoms with Crippen LogP contribution in [0, 0.1) is 27.6 Å². The third-order valence-corrected chi connectivity index (χ3v) is 11.7. The predicted molar refractivity (Wildman–Crippen MR) is 213 cm³/mol. The van der Waals surface area contributed by atoms with Crippen LogP contribution in [0.25, 0.3) is 0 Å². The van der Waals surface area contributed by atoms with Crippen molar-refractivity contribution >= 4 is 41.0 Å². The van der Waals surface area contributed by atoms with Crippen LogP contribution in [0.4, 0.5) is 5.82 Å². The van der Waals surface area contributed by atoms with Gasteiger partial charge in [-0.05, 0) is 42.5 Å². The molecule has 1 aromatic heterocycles. The molecule has 5 rings (SSSR count). The lowest BCUT2D eigenvalue weighted by molar-refractivity contribution is -0.164. The average Bonchev–Trinajstić information content (AvgIpc) is 3.66. The fourth-order valence-electron chi connectivity index (χ4n) is 8.56. The number of pyridine rings is 1. The summed E-state index contributed by atoms with van der Waals surface area (Å²) in [6.07, 6.45) is 2.76. The van der Waals surface area contributed by atoms with Gasteiger partial charge in [0.2, 0.25) is 17.7 Å². The van der Waals surface area contributed by atoms with Gasteiger partial charge >= 0.3 is 0 Å². The van der Waals surface area contributed by atoms with Crippen molar-refractivity contribution in [3.05, 3.63) is 52.7 Å². The molecule has 4 amide bonds. The fourth-order valence-corrected chi connectivity index (χ4v) is 8.78. The molecule has 15 heteroatoms. The van der Waals surface area contributed by atoms with Gasteiger partial charge in [0.1, 0.15) is 42.4 Å². The Hall–Kier alpha value is -4.45. The Morgan fingerprint density at radius 3 is 2.32 bits per heavy atom. The van der Waals surface area contributed by atoms with Crippen molar-refractivity contribution in [1.82, 2.24) is 30.7 Å². The summed E-state index contributed by atoms with van der Waals surface area (Å²) in [6, 6.07) is 9.31. The van der Waals surface area contributed by atoms with Gasteiger partial charge in [0.25, 0.3) is 5.91 Å². The Labute approximate surface area is 335 Å². The molecule has 3 aliphatic rings. The number of hydrogen-bond acceptors (Lipinski definition) is 10. The number of aromatic nitrogens is 1. The molecule has 2 aromatic rings. The Bertz CT molecular complexity index is 1780. The molecule has 2 aliphatic heterocycles. The van der Waals surface area contributed by atoms with Crippen LogP contribution in [-0.2, 0) is 19.1 Å². The molecule has 14 nitrogen and oxygen atoms in total. The number of nitrogens with one attached hydrogen (secondary N) is 3. The number of likely N-dealkylation sites (tertiary alicyclic amines) is 1. The Morgan fingerprint density at radius 1 is 1.04 bits per heavy atom. The van der Waals surface area contributed by atoms with Gasteiger partial charge in [-0.25, -0.2) is 4.98 Å². The van der Waals surface area contributed by atoms with Crippen LogP contribution in [0.5, 0.6) is 5.75 Å². The molecule has 0 spiro atoms. The minimum Gasteiger partial charge on any atom is -0.489 e. The van der Waals surface area contributed by atoms with Crippen LogP contribution < -0.4 is 25.6 Å². The van der Waals surface area contributed by atoms with E-state index in [4.69, 9.17) is 21.1 Å². The van der Waals surface area contributed by atoms with Crippen molar-refractivity contribution in [1.29, 1.82) is 5.26 Å². The molecule has 1 aromatic carbocycles. The number of anilines is 1. The van der Waals surface area contributed by atoms with Crippen molar-refractivity contribution in [3.63, 3.8) is 0 Å². The van der Waals surface area contributed by atoms with Crippen LogP contribution in [0.3, 0.4) is 0 Å². The monoisotopic (exact) mass is 792 g/mol. The highest BCUT2D eigenvalue weighted by molar-refractivity contribution is 6.31. The van der Waals surface area contributed by atoms with E-state index in [1.54, 1.807) is 42.4 Å². The van der Waals surface area contributed by atoms with E-state index in [0.29, 0.717) is 48.0 Å². The van der Waals surface area contributed by atoms with Crippen molar-refractivity contribution in [2.24, 2.45) is 16.2 Å². The minimum absolute atomic E-state index is 0.165. The van der Waals surface area contributed by atoms with Crippen LogP contribution in [0.15, 0.2) is 36.5 Å². The molecule has 1 aliphatic carbocycles. The maximum Gasteiger partial charge on any atom is 0.253 e. The van der Waals surface area contributed by atoms with Gasteiger partial charge in [0.15, 0.2) is 0 Å². The molecule has 0 radical (unpaired) electrons.